The third kappa shape index (κ3) is 3.79. The van der Waals surface area contributed by atoms with Gasteiger partial charge in [0, 0.05) is 28.6 Å². The topological polar surface area (TPSA) is 104 Å². The second-order valence-corrected chi connectivity index (χ2v) is 7.33. The lowest BCUT2D eigenvalue weighted by Crippen LogP contribution is -2.22. The van der Waals surface area contributed by atoms with Crippen LogP contribution in [0.1, 0.15) is 18.5 Å². The summed E-state index contributed by atoms with van der Waals surface area (Å²) >= 11 is 3.37. The summed E-state index contributed by atoms with van der Waals surface area (Å²) in [7, 11) is 0. The molecule has 4 rings (SSSR count). The molecule has 0 saturated heterocycles. The number of nitro benzene ring substituents is 1. The number of benzene rings is 2. The van der Waals surface area contributed by atoms with E-state index in [1.54, 1.807) is 36.4 Å². The number of nitro groups is 1. The zero-order valence-corrected chi connectivity index (χ0v) is 17.4. The molecule has 0 amide bonds. The minimum atomic E-state index is -0.455. The average molecular weight is 467 g/mol. The maximum absolute atomic E-state index is 12.9. The summed E-state index contributed by atoms with van der Waals surface area (Å²) in [4.78, 5) is 27.8. The lowest BCUT2D eigenvalue weighted by molar-refractivity contribution is -0.384. The van der Waals surface area contributed by atoms with E-state index in [9.17, 15) is 14.9 Å². The highest BCUT2D eigenvalue weighted by molar-refractivity contribution is 9.10. The zero-order valence-electron chi connectivity index (χ0n) is 15.8. The molecule has 0 atom stereocenters. The maximum atomic E-state index is 12.9. The van der Waals surface area contributed by atoms with Crippen LogP contribution in [0.5, 0.6) is 0 Å². The number of fused-ring (bicyclic) bond motifs is 1. The van der Waals surface area contributed by atoms with Gasteiger partial charge in [0.1, 0.15) is 17.3 Å². The van der Waals surface area contributed by atoms with E-state index in [1.165, 1.54) is 23.0 Å². The molecule has 150 valence electrons. The highest BCUT2D eigenvalue weighted by atomic mass is 79.9. The van der Waals surface area contributed by atoms with Gasteiger partial charge in [-0.3, -0.25) is 14.9 Å². The van der Waals surface area contributed by atoms with E-state index >= 15 is 0 Å². The van der Waals surface area contributed by atoms with Crippen LogP contribution in [0.15, 0.2) is 73.4 Å². The Balaban J connectivity index is 1.67. The molecule has 0 N–H and O–H groups in total. The van der Waals surface area contributed by atoms with Crippen molar-refractivity contribution in [2.45, 2.75) is 13.3 Å². The summed E-state index contributed by atoms with van der Waals surface area (Å²) in [5, 5.41) is 15.5. The molecule has 0 fully saturated rings. The quantitative estimate of drug-likeness (QED) is 0.239. The van der Waals surface area contributed by atoms with Crippen molar-refractivity contribution in [3.8, 4) is 11.3 Å². The molecule has 0 radical (unpaired) electrons. The van der Waals surface area contributed by atoms with Gasteiger partial charge in [0.2, 0.25) is 0 Å². The minimum absolute atomic E-state index is 0.00834. The highest BCUT2D eigenvalue weighted by Gasteiger charge is 2.11. The summed E-state index contributed by atoms with van der Waals surface area (Å²) in [6, 6.07) is 14.8. The van der Waals surface area contributed by atoms with Crippen LogP contribution < -0.4 is 5.56 Å². The van der Waals surface area contributed by atoms with Gasteiger partial charge in [-0.05, 0) is 42.5 Å². The number of hydrogen-bond acceptors (Lipinski definition) is 6. The van der Waals surface area contributed by atoms with Crippen molar-refractivity contribution >= 4 is 38.7 Å². The molecule has 30 heavy (non-hydrogen) atoms. The van der Waals surface area contributed by atoms with Crippen molar-refractivity contribution in [2.75, 3.05) is 0 Å². The van der Waals surface area contributed by atoms with Crippen LogP contribution >= 0.6 is 15.9 Å². The van der Waals surface area contributed by atoms with Crippen LogP contribution in [0.2, 0.25) is 0 Å². The zero-order chi connectivity index (χ0) is 21.3. The Morgan fingerprint density at radius 3 is 2.67 bits per heavy atom. The molecule has 0 spiro atoms. The molecular weight excluding hydrogens is 452 g/mol. The van der Waals surface area contributed by atoms with Gasteiger partial charge in [0.25, 0.3) is 11.2 Å². The molecular formula is C21H15BrN4O4. The number of aromatic nitrogens is 2. The summed E-state index contributed by atoms with van der Waals surface area (Å²) in [5.41, 5.74) is 1.05. The smallest absolute Gasteiger partial charge is 0.282 e. The number of aryl methyl sites for hydroxylation is 1. The Hall–Kier alpha value is -3.59. The highest BCUT2D eigenvalue weighted by Crippen LogP contribution is 2.24. The molecule has 0 aliphatic heterocycles. The number of nitrogens with zero attached hydrogens (tertiary/aromatic N) is 4. The number of halogens is 1. The fourth-order valence-corrected chi connectivity index (χ4v) is 3.34. The van der Waals surface area contributed by atoms with E-state index in [2.05, 4.69) is 26.0 Å². The van der Waals surface area contributed by atoms with E-state index < -0.39 is 4.92 Å². The lowest BCUT2D eigenvalue weighted by atomic mass is 10.1. The van der Waals surface area contributed by atoms with Crippen molar-refractivity contribution in [3.63, 3.8) is 0 Å². The van der Waals surface area contributed by atoms with Crippen LogP contribution in [0.25, 0.3) is 22.2 Å². The standard InChI is InChI=1S/C21H15BrN4O4/c1-2-20-24-18-9-5-14(22)11-17(18)21(27)25(20)23-12-16-8-10-19(30-16)13-3-6-15(7-4-13)26(28)29/h3-12H,2H2,1H3. The summed E-state index contributed by atoms with van der Waals surface area (Å²) in [6.45, 7) is 1.90. The van der Waals surface area contributed by atoms with Gasteiger partial charge in [-0.1, -0.05) is 22.9 Å². The first-order valence-corrected chi connectivity index (χ1v) is 9.86. The fraction of sp³-hybridized carbons (Fsp3) is 0.0952. The van der Waals surface area contributed by atoms with Gasteiger partial charge in [-0.2, -0.15) is 9.78 Å². The van der Waals surface area contributed by atoms with Crippen LogP contribution in [-0.4, -0.2) is 20.8 Å². The van der Waals surface area contributed by atoms with Gasteiger partial charge in [0.05, 0.1) is 22.0 Å². The average Bonchev–Trinajstić information content (AvgIpc) is 3.22. The number of rotatable bonds is 5. The van der Waals surface area contributed by atoms with Crippen LogP contribution in [-0.2, 0) is 6.42 Å². The Labute approximate surface area is 178 Å². The first kappa shape index (κ1) is 19.7. The SMILES string of the molecule is CCc1nc2ccc(Br)cc2c(=O)n1N=Cc1ccc(-c2ccc([N+](=O)[O-])cc2)o1. The van der Waals surface area contributed by atoms with Crippen molar-refractivity contribution in [3.05, 3.63) is 91.1 Å². The molecule has 0 aliphatic rings. The minimum Gasteiger partial charge on any atom is -0.455 e. The van der Waals surface area contributed by atoms with Crippen LogP contribution in [0.4, 0.5) is 5.69 Å². The van der Waals surface area contributed by atoms with E-state index in [0.29, 0.717) is 40.2 Å². The molecule has 0 bridgehead atoms. The van der Waals surface area contributed by atoms with Crippen molar-refractivity contribution in [2.24, 2.45) is 5.10 Å². The van der Waals surface area contributed by atoms with E-state index in [-0.39, 0.29) is 11.2 Å². The first-order chi connectivity index (χ1) is 14.5. The van der Waals surface area contributed by atoms with Gasteiger partial charge in [-0.25, -0.2) is 4.98 Å². The summed E-state index contributed by atoms with van der Waals surface area (Å²) in [5.74, 6) is 1.51. The van der Waals surface area contributed by atoms with Crippen molar-refractivity contribution < 1.29 is 9.34 Å². The Morgan fingerprint density at radius 1 is 1.20 bits per heavy atom. The largest absolute Gasteiger partial charge is 0.455 e. The van der Waals surface area contributed by atoms with E-state index in [0.717, 1.165) is 4.47 Å². The Bertz CT molecular complexity index is 1340. The predicted octanol–water partition coefficient (Wildman–Crippen LogP) is 4.77. The second kappa shape index (κ2) is 8.03. The Kier molecular flexibility index (Phi) is 5.28. The first-order valence-electron chi connectivity index (χ1n) is 9.06. The Morgan fingerprint density at radius 2 is 1.97 bits per heavy atom. The number of non-ortho nitro benzene ring substituents is 1. The lowest BCUT2D eigenvalue weighted by Gasteiger charge is -2.07. The molecule has 0 saturated carbocycles. The van der Waals surface area contributed by atoms with Crippen LogP contribution in [0, 0.1) is 10.1 Å². The molecule has 0 unspecified atom stereocenters. The molecule has 0 aliphatic carbocycles. The third-order valence-corrected chi connectivity index (χ3v) is 4.97. The molecule has 2 aromatic carbocycles. The molecule has 2 heterocycles. The van der Waals surface area contributed by atoms with Crippen LogP contribution in [0.3, 0.4) is 0 Å². The normalized spacial score (nSPS) is 11.4. The second-order valence-electron chi connectivity index (χ2n) is 6.41. The fourth-order valence-electron chi connectivity index (χ4n) is 2.98. The van der Waals surface area contributed by atoms with E-state index in [1.807, 2.05) is 13.0 Å². The maximum Gasteiger partial charge on any atom is 0.282 e. The monoisotopic (exact) mass is 466 g/mol. The van der Waals surface area contributed by atoms with Crippen molar-refractivity contribution in [1.29, 1.82) is 0 Å². The van der Waals surface area contributed by atoms with Gasteiger partial charge in [-0.15, -0.1) is 0 Å². The predicted molar refractivity (Wildman–Crippen MR) is 117 cm³/mol. The number of furan rings is 1. The van der Waals surface area contributed by atoms with Crippen molar-refractivity contribution in [1.82, 2.24) is 9.66 Å². The van der Waals surface area contributed by atoms with Gasteiger partial charge < -0.3 is 4.42 Å². The molecule has 2 aromatic heterocycles. The molecule has 8 nitrogen and oxygen atoms in total. The third-order valence-electron chi connectivity index (χ3n) is 4.48. The summed E-state index contributed by atoms with van der Waals surface area (Å²) in [6.07, 6.45) is 1.98. The van der Waals surface area contributed by atoms with E-state index in [4.69, 9.17) is 4.42 Å². The molecule has 4 aromatic rings. The van der Waals surface area contributed by atoms with Gasteiger partial charge >= 0.3 is 0 Å². The molecule has 9 heteroatoms. The summed E-state index contributed by atoms with van der Waals surface area (Å²) < 4.78 is 7.80. The number of hydrogen-bond donors (Lipinski definition) is 0. The van der Waals surface area contributed by atoms with Gasteiger partial charge in [0.15, 0.2) is 0 Å².